The molecule has 0 saturated carbocycles. The van der Waals surface area contributed by atoms with Gasteiger partial charge >= 0.3 is 0 Å². The van der Waals surface area contributed by atoms with E-state index in [-0.39, 0.29) is 10.6 Å². The highest BCUT2D eigenvalue weighted by Gasteiger charge is 2.16. The Morgan fingerprint density at radius 1 is 1.32 bits per heavy atom. The average molecular weight is 261 g/mol. The number of nitrogens with one attached hydrogen (secondary N) is 2. The second-order valence-electron chi connectivity index (χ2n) is 5.13. The van der Waals surface area contributed by atoms with E-state index in [1.165, 1.54) is 38.4 Å². The Hall–Kier alpha value is -1.95. The van der Waals surface area contributed by atoms with Crippen molar-refractivity contribution in [3.8, 4) is 0 Å². The Labute approximate surface area is 110 Å². The molecule has 0 radical (unpaired) electrons. The lowest BCUT2D eigenvalue weighted by Gasteiger charge is -2.22. The summed E-state index contributed by atoms with van der Waals surface area (Å²) in [6, 6.07) is 4.76. The standard InChI is InChI=1S/C13H16N4O2/c18-17(19)10-4-5-11-12(8-10)15-13(14-11)9-16-6-2-1-3-7-16/h4-5,8H,1-3,6-7,9H2,(H,14,15)/p+1. The number of H-pyrrole nitrogens is 1. The lowest BCUT2D eigenvalue weighted by Crippen LogP contribution is -3.11. The van der Waals surface area contributed by atoms with Gasteiger partial charge in [0.25, 0.3) is 5.69 Å². The first-order chi connectivity index (χ1) is 9.22. The Balaban J connectivity index is 1.82. The van der Waals surface area contributed by atoms with Crippen LogP contribution in [0.4, 0.5) is 5.69 Å². The van der Waals surface area contributed by atoms with E-state index in [4.69, 9.17) is 0 Å². The monoisotopic (exact) mass is 261 g/mol. The van der Waals surface area contributed by atoms with Crippen LogP contribution in [0.25, 0.3) is 11.0 Å². The number of imidazole rings is 1. The van der Waals surface area contributed by atoms with Crippen LogP contribution in [0, 0.1) is 10.1 Å². The number of aromatic amines is 1. The van der Waals surface area contributed by atoms with Crippen LogP contribution < -0.4 is 4.90 Å². The van der Waals surface area contributed by atoms with Gasteiger partial charge in [0.05, 0.1) is 29.0 Å². The first-order valence-corrected chi connectivity index (χ1v) is 6.69. The van der Waals surface area contributed by atoms with E-state index in [2.05, 4.69) is 9.97 Å². The molecule has 6 heteroatoms. The number of nitrogens with zero attached hydrogens (tertiary/aromatic N) is 2. The normalized spacial score (nSPS) is 16.8. The molecule has 19 heavy (non-hydrogen) atoms. The number of fused-ring (bicyclic) bond motifs is 1. The summed E-state index contributed by atoms with van der Waals surface area (Å²) in [6.45, 7) is 3.26. The quantitative estimate of drug-likeness (QED) is 0.640. The molecule has 2 heterocycles. The summed E-state index contributed by atoms with van der Waals surface area (Å²) in [6.07, 6.45) is 3.89. The smallest absolute Gasteiger partial charge is 0.271 e. The van der Waals surface area contributed by atoms with Crippen molar-refractivity contribution in [2.24, 2.45) is 0 Å². The molecule has 0 unspecified atom stereocenters. The van der Waals surface area contributed by atoms with Crippen molar-refractivity contribution in [1.82, 2.24) is 9.97 Å². The predicted molar refractivity (Wildman–Crippen MR) is 71.0 cm³/mol. The molecular formula is C13H17N4O2+. The van der Waals surface area contributed by atoms with Gasteiger partial charge in [-0.05, 0) is 25.3 Å². The number of quaternary nitrogens is 1. The fraction of sp³-hybridized carbons (Fsp3) is 0.462. The zero-order valence-corrected chi connectivity index (χ0v) is 10.7. The molecule has 6 nitrogen and oxygen atoms in total. The molecule has 1 aromatic heterocycles. The van der Waals surface area contributed by atoms with Crippen molar-refractivity contribution in [2.45, 2.75) is 25.8 Å². The van der Waals surface area contributed by atoms with Gasteiger partial charge in [-0.2, -0.15) is 0 Å². The van der Waals surface area contributed by atoms with Gasteiger partial charge in [0, 0.05) is 12.1 Å². The lowest BCUT2D eigenvalue weighted by atomic mass is 10.1. The maximum absolute atomic E-state index is 10.7. The van der Waals surface area contributed by atoms with E-state index >= 15 is 0 Å². The molecule has 0 amide bonds. The van der Waals surface area contributed by atoms with Gasteiger partial charge in [0.2, 0.25) is 0 Å². The fourth-order valence-electron chi connectivity index (χ4n) is 2.71. The highest BCUT2D eigenvalue weighted by Crippen LogP contribution is 2.18. The fourth-order valence-corrected chi connectivity index (χ4v) is 2.71. The maximum atomic E-state index is 10.7. The van der Waals surface area contributed by atoms with Crippen molar-refractivity contribution < 1.29 is 9.82 Å². The Kier molecular flexibility index (Phi) is 3.16. The second-order valence-corrected chi connectivity index (χ2v) is 5.13. The number of hydrogen-bond acceptors (Lipinski definition) is 3. The van der Waals surface area contributed by atoms with Crippen molar-refractivity contribution in [1.29, 1.82) is 0 Å². The first kappa shape index (κ1) is 12.1. The minimum atomic E-state index is -0.379. The molecule has 100 valence electrons. The van der Waals surface area contributed by atoms with E-state index < -0.39 is 0 Å². The molecule has 2 N–H and O–H groups in total. The van der Waals surface area contributed by atoms with Crippen molar-refractivity contribution >= 4 is 16.7 Å². The highest BCUT2D eigenvalue weighted by atomic mass is 16.6. The summed E-state index contributed by atoms with van der Waals surface area (Å²) >= 11 is 0. The topological polar surface area (TPSA) is 76.3 Å². The third-order valence-corrected chi connectivity index (χ3v) is 3.70. The van der Waals surface area contributed by atoms with Crippen LogP contribution in [0.1, 0.15) is 25.1 Å². The van der Waals surface area contributed by atoms with Gasteiger partial charge in [0.15, 0.2) is 5.82 Å². The van der Waals surface area contributed by atoms with Crippen LogP contribution in [-0.2, 0) is 6.54 Å². The average Bonchev–Trinajstić information content (AvgIpc) is 2.80. The van der Waals surface area contributed by atoms with Crippen molar-refractivity contribution in [3.63, 3.8) is 0 Å². The van der Waals surface area contributed by atoms with E-state index in [9.17, 15) is 10.1 Å². The van der Waals surface area contributed by atoms with Crippen LogP contribution in [-0.4, -0.2) is 28.0 Å². The zero-order chi connectivity index (χ0) is 13.2. The number of non-ortho nitro benzene ring substituents is 1. The van der Waals surface area contributed by atoms with Gasteiger partial charge < -0.3 is 9.88 Å². The predicted octanol–water partition coefficient (Wildman–Crippen LogP) is 1.04. The summed E-state index contributed by atoms with van der Waals surface area (Å²) in [7, 11) is 0. The molecule has 1 aliphatic heterocycles. The Morgan fingerprint density at radius 3 is 2.84 bits per heavy atom. The first-order valence-electron chi connectivity index (χ1n) is 6.69. The van der Waals surface area contributed by atoms with Crippen LogP contribution in [0.2, 0.25) is 0 Å². The second kappa shape index (κ2) is 4.97. The number of piperidine rings is 1. The van der Waals surface area contributed by atoms with E-state index in [1.54, 1.807) is 17.0 Å². The number of benzene rings is 1. The largest absolute Gasteiger partial charge is 0.337 e. The van der Waals surface area contributed by atoms with E-state index in [1.807, 2.05) is 0 Å². The van der Waals surface area contributed by atoms with Gasteiger partial charge in [-0.15, -0.1) is 0 Å². The minimum absolute atomic E-state index is 0.105. The van der Waals surface area contributed by atoms with Crippen molar-refractivity contribution in [3.05, 3.63) is 34.1 Å². The van der Waals surface area contributed by atoms with Crippen LogP contribution in [0.5, 0.6) is 0 Å². The molecule has 0 aliphatic carbocycles. The molecule has 1 aromatic carbocycles. The summed E-state index contributed by atoms with van der Waals surface area (Å²) < 4.78 is 0. The molecule has 0 atom stereocenters. The summed E-state index contributed by atoms with van der Waals surface area (Å²) in [5, 5.41) is 10.7. The Bertz CT molecular complexity index is 602. The van der Waals surface area contributed by atoms with Gasteiger partial charge in [-0.3, -0.25) is 10.1 Å². The number of nitro groups is 1. The molecule has 1 saturated heterocycles. The number of likely N-dealkylation sites (tertiary alicyclic amines) is 1. The molecule has 3 rings (SSSR count). The summed E-state index contributed by atoms with van der Waals surface area (Å²) in [5.41, 5.74) is 1.66. The van der Waals surface area contributed by atoms with Crippen molar-refractivity contribution in [2.75, 3.05) is 13.1 Å². The number of aromatic nitrogens is 2. The number of hydrogen-bond donors (Lipinski definition) is 2. The summed E-state index contributed by atoms with van der Waals surface area (Å²) in [4.78, 5) is 19.6. The van der Waals surface area contributed by atoms with Gasteiger partial charge in [-0.25, -0.2) is 4.98 Å². The molecule has 0 spiro atoms. The third-order valence-electron chi connectivity index (χ3n) is 3.70. The number of nitro benzene ring substituents is 1. The zero-order valence-electron chi connectivity index (χ0n) is 10.7. The van der Waals surface area contributed by atoms with Crippen LogP contribution in [0.15, 0.2) is 18.2 Å². The third kappa shape index (κ3) is 2.58. The van der Waals surface area contributed by atoms with E-state index in [0.717, 1.165) is 23.4 Å². The van der Waals surface area contributed by atoms with E-state index in [0.29, 0.717) is 0 Å². The molecule has 1 aliphatic rings. The molecule has 1 fully saturated rings. The molecule has 0 bridgehead atoms. The molecule has 2 aromatic rings. The molecular weight excluding hydrogens is 244 g/mol. The minimum Gasteiger partial charge on any atom is -0.337 e. The van der Waals surface area contributed by atoms with Crippen LogP contribution >= 0.6 is 0 Å². The highest BCUT2D eigenvalue weighted by molar-refractivity contribution is 5.77. The summed E-state index contributed by atoms with van der Waals surface area (Å²) in [5.74, 6) is 0.924. The van der Waals surface area contributed by atoms with Gasteiger partial charge in [-0.1, -0.05) is 0 Å². The lowest BCUT2D eigenvalue weighted by molar-refractivity contribution is -0.919. The SMILES string of the molecule is O=[N+]([O-])c1ccc2nc(C[NH+]3CCCCC3)[nH]c2c1. The van der Waals surface area contributed by atoms with Gasteiger partial charge in [0.1, 0.15) is 6.54 Å². The number of rotatable bonds is 3. The Morgan fingerprint density at radius 2 is 2.11 bits per heavy atom. The maximum Gasteiger partial charge on any atom is 0.271 e. The van der Waals surface area contributed by atoms with Crippen LogP contribution in [0.3, 0.4) is 0 Å².